The highest BCUT2D eigenvalue weighted by Gasteiger charge is 2.43. The number of rotatable bonds is 1. The molecule has 1 fully saturated rings. The fraction of sp³-hybridized carbons (Fsp3) is 0.533. The molecular formula is C15H20N2O2. The van der Waals surface area contributed by atoms with E-state index in [1.165, 1.54) is 0 Å². The van der Waals surface area contributed by atoms with Gasteiger partial charge in [0.15, 0.2) is 0 Å². The molecule has 2 heterocycles. The Balaban J connectivity index is 2.05. The lowest BCUT2D eigenvalue weighted by Crippen LogP contribution is -3.03. The normalized spacial score (nSPS) is 30.2. The number of para-hydroxylation sites is 1. The van der Waals surface area contributed by atoms with Crippen LogP contribution in [0.1, 0.15) is 37.0 Å². The maximum atomic E-state index is 12.8. The van der Waals surface area contributed by atoms with E-state index in [0.29, 0.717) is 23.7 Å². The number of nitrogens with one attached hydrogen (secondary N) is 1. The molecule has 2 unspecified atom stereocenters. The van der Waals surface area contributed by atoms with Gasteiger partial charge in [-0.1, -0.05) is 26.0 Å². The molecule has 1 aromatic carbocycles. The van der Waals surface area contributed by atoms with Crippen LogP contribution in [0.15, 0.2) is 24.3 Å². The van der Waals surface area contributed by atoms with Gasteiger partial charge in [0, 0.05) is 12.1 Å². The minimum Gasteiger partial charge on any atom is -0.629 e. The summed E-state index contributed by atoms with van der Waals surface area (Å²) in [4.78, 5) is 14.7. The van der Waals surface area contributed by atoms with Crippen molar-refractivity contribution in [2.24, 2.45) is 5.92 Å². The number of hydroxylamine groups is 1. The second-order valence-corrected chi connectivity index (χ2v) is 5.93. The smallest absolute Gasteiger partial charge is 0.260 e. The number of carbonyl (C=O) groups is 1. The van der Waals surface area contributed by atoms with Crippen LogP contribution < -0.4 is 5.06 Å². The fourth-order valence-corrected chi connectivity index (χ4v) is 3.46. The van der Waals surface area contributed by atoms with E-state index in [4.69, 9.17) is 0 Å². The number of quaternary nitrogens is 1. The van der Waals surface area contributed by atoms with Crippen molar-refractivity contribution in [2.45, 2.75) is 38.8 Å². The third-order valence-corrected chi connectivity index (χ3v) is 4.43. The van der Waals surface area contributed by atoms with Gasteiger partial charge in [-0.05, 0) is 24.8 Å². The third kappa shape index (κ3) is 1.95. The van der Waals surface area contributed by atoms with Crippen LogP contribution in [0.4, 0.5) is 5.69 Å². The SMILES string of the molecule is CC(C)C1CC[C@H]2C[NH+]([O-])c3ccccc3C(=O)N12. The van der Waals surface area contributed by atoms with Crippen molar-refractivity contribution in [3.05, 3.63) is 35.0 Å². The fourth-order valence-electron chi connectivity index (χ4n) is 3.46. The van der Waals surface area contributed by atoms with Gasteiger partial charge in [-0.15, -0.1) is 0 Å². The minimum atomic E-state index is 0.0441. The van der Waals surface area contributed by atoms with Crippen LogP contribution >= 0.6 is 0 Å². The number of carbonyl (C=O) groups excluding carboxylic acids is 1. The van der Waals surface area contributed by atoms with Gasteiger partial charge in [-0.25, -0.2) is 0 Å². The average molecular weight is 260 g/mol. The van der Waals surface area contributed by atoms with Gasteiger partial charge in [-0.3, -0.25) is 4.79 Å². The number of nitrogens with zero attached hydrogens (tertiary/aromatic N) is 1. The number of benzene rings is 1. The molecular weight excluding hydrogens is 240 g/mol. The molecule has 0 aromatic heterocycles. The molecule has 2 aliphatic heterocycles. The second kappa shape index (κ2) is 4.62. The van der Waals surface area contributed by atoms with Gasteiger partial charge < -0.3 is 15.2 Å². The summed E-state index contributed by atoms with van der Waals surface area (Å²) in [6, 6.07) is 7.61. The van der Waals surface area contributed by atoms with Crippen molar-refractivity contribution in [3.63, 3.8) is 0 Å². The van der Waals surface area contributed by atoms with Crippen molar-refractivity contribution in [1.82, 2.24) is 4.90 Å². The molecule has 0 radical (unpaired) electrons. The van der Waals surface area contributed by atoms with Crippen LogP contribution in [0.5, 0.6) is 0 Å². The largest absolute Gasteiger partial charge is 0.629 e. The van der Waals surface area contributed by atoms with Crippen LogP contribution in [-0.4, -0.2) is 29.4 Å². The van der Waals surface area contributed by atoms with Crippen molar-refractivity contribution in [2.75, 3.05) is 6.54 Å². The molecule has 1 saturated heterocycles. The van der Waals surface area contributed by atoms with Crippen LogP contribution in [0, 0.1) is 11.1 Å². The molecule has 19 heavy (non-hydrogen) atoms. The summed E-state index contributed by atoms with van der Waals surface area (Å²) >= 11 is 0. The Morgan fingerprint density at radius 2 is 2.05 bits per heavy atom. The van der Waals surface area contributed by atoms with E-state index in [1.54, 1.807) is 12.1 Å². The molecule has 3 atom stereocenters. The van der Waals surface area contributed by atoms with Crippen molar-refractivity contribution < 1.29 is 9.86 Å². The van der Waals surface area contributed by atoms with Gasteiger partial charge >= 0.3 is 0 Å². The quantitative estimate of drug-likeness (QED) is 0.775. The molecule has 0 spiro atoms. The number of amides is 1. The highest BCUT2D eigenvalue weighted by Crippen LogP contribution is 2.32. The summed E-state index contributed by atoms with van der Waals surface area (Å²) in [7, 11) is 0. The number of fused-ring (bicyclic) bond motifs is 2. The Labute approximate surface area is 113 Å². The second-order valence-electron chi connectivity index (χ2n) is 5.93. The number of hydrogen-bond acceptors (Lipinski definition) is 2. The average Bonchev–Trinajstić information content (AvgIpc) is 2.77. The maximum Gasteiger partial charge on any atom is 0.260 e. The molecule has 3 rings (SSSR count). The molecule has 4 nitrogen and oxygen atoms in total. The van der Waals surface area contributed by atoms with Crippen LogP contribution in [0.25, 0.3) is 0 Å². The molecule has 0 bridgehead atoms. The lowest BCUT2D eigenvalue weighted by molar-refractivity contribution is -0.778. The van der Waals surface area contributed by atoms with Crippen LogP contribution in [-0.2, 0) is 0 Å². The molecule has 0 aliphatic carbocycles. The highest BCUT2D eigenvalue weighted by atomic mass is 16.5. The zero-order valence-corrected chi connectivity index (χ0v) is 11.4. The first-order valence-corrected chi connectivity index (χ1v) is 7.04. The van der Waals surface area contributed by atoms with Gasteiger partial charge in [0.25, 0.3) is 5.91 Å². The monoisotopic (exact) mass is 260 g/mol. The lowest BCUT2D eigenvalue weighted by atomic mass is 10.0. The van der Waals surface area contributed by atoms with Crippen molar-refractivity contribution in [1.29, 1.82) is 0 Å². The summed E-state index contributed by atoms with van der Waals surface area (Å²) < 4.78 is 0. The van der Waals surface area contributed by atoms with Crippen molar-refractivity contribution >= 4 is 11.6 Å². The zero-order chi connectivity index (χ0) is 13.6. The zero-order valence-electron chi connectivity index (χ0n) is 11.4. The Morgan fingerprint density at radius 1 is 1.32 bits per heavy atom. The molecule has 2 aliphatic rings. The van der Waals surface area contributed by atoms with Gasteiger partial charge in [0.1, 0.15) is 17.8 Å². The molecule has 1 N–H and O–H groups in total. The lowest BCUT2D eigenvalue weighted by Gasteiger charge is -2.31. The maximum absolute atomic E-state index is 12.8. The van der Waals surface area contributed by atoms with E-state index in [2.05, 4.69) is 13.8 Å². The molecule has 102 valence electrons. The predicted molar refractivity (Wildman–Crippen MR) is 73.1 cm³/mol. The molecule has 0 saturated carbocycles. The van der Waals surface area contributed by atoms with E-state index < -0.39 is 0 Å². The van der Waals surface area contributed by atoms with Crippen molar-refractivity contribution in [3.8, 4) is 0 Å². The standard InChI is InChI=1S/C15H20N2O2/c1-10(2)13-8-7-11-9-16(19)14-6-4-3-5-12(14)15(18)17(11)13/h3-6,10-11,13,16H,7-9H2,1-2H3/t11-,13?/m0/s1. The summed E-state index contributed by atoms with van der Waals surface area (Å²) in [5, 5.41) is 12.4. The van der Waals surface area contributed by atoms with Gasteiger partial charge in [0.05, 0.1) is 6.04 Å². The first kappa shape index (κ1) is 12.6. The van der Waals surface area contributed by atoms with Crippen LogP contribution in [0.2, 0.25) is 0 Å². The minimum absolute atomic E-state index is 0.0441. The van der Waals surface area contributed by atoms with E-state index in [9.17, 15) is 10.0 Å². The Morgan fingerprint density at radius 3 is 2.79 bits per heavy atom. The first-order chi connectivity index (χ1) is 9.09. The highest BCUT2D eigenvalue weighted by molar-refractivity contribution is 5.99. The molecule has 1 aromatic rings. The predicted octanol–water partition coefficient (Wildman–Crippen LogP) is 1.34. The number of hydrogen-bond donors (Lipinski definition) is 1. The van der Waals surface area contributed by atoms with Gasteiger partial charge in [0.2, 0.25) is 0 Å². The summed E-state index contributed by atoms with van der Waals surface area (Å²) in [5.41, 5.74) is 1.19. The topological polar surface area (TPSA) is 47.8 Å². The summed E-state index contributed by atoms with van der Waals surface area (Å²) in [6.07, 6.45) is 1.97. The first-order valence-electron chi connectivity index (χ1n) is 7.04. The van der Waals surface area contributed by atoms with E-state index in [-0.39, 0.29) is 23.1 Å². The van der Waals surface area contributed by atoms with E-state index in [0.717, 1.165) is 12.8 Å². The van der Waals surface area contributed by atoms with E-state index in [1.807, 2.05) is 17.0 Å². The Kier molecular flexibility index (Phi) is 3.07. The molecule has 1 amide bonds. The van der Waals surface area contributed by atoms with Crippen LogP contribution in [0.3, 0.4) is 0 Å². The van der Waals surface area contributed by atoms with Gasteiger partial charge in [-0.2, -0.15) is 0 Å². The third-order valence-electron chi connectivity index (χ3n) is 4.43. The summed E-state index contributed by atoms with van der Waals surface area (Å²) in [6.45, 7) is 4.78. The Bertz CT molecular complexity index is 501. The molecule has 4 heteroatoms. The Hall–Kier alpha value is -1.39. The van der Waals surface area contributed by atoms with E-state index >= 15 is 0 Å². The summed E-state index contributed by atoms with van der Waals surface area (Å²) in [5.74, 6) is 0.483.